The second-order valence-corrected chi connectivity index (χ2v) is 6.90. The standard InChI is InChI=1S/C19H21N3O5/c20-18(24)14-3-2-12(21-19(14)25)8-22-6-5-13(15(23)9-22)11-1-4-16-17(7-11)27-10-26-16/h1-4,7,13,15,23H,5-6,8-10H2,(H2,20,24)(H,21,25)/t13-,15+/m1/s1. The summed E-state index contributed by atoms with van der Waals surface area (Å²) in [5.41, 5.74) is 6.32. The number of fused-ring (bicyclic) bond motifs is 1. The summed E-state index contributed by atoms with van der Waals surface area (Å²) in [5.74, 6) is 0.720. The fourth-order valence-corrected chi connectivity index (χ4v) is 3.71. The topological polar surface area (TPSA) is 118 Å². The first-order valence-electron chi connectivity index (χ1n) is 8.83. The van der Waals surface area contributed by atoms with Gasteiger partial charge in [-0.1, -0.05) is 6.07 Å². The number of aromatic nitrogens is 1. The summed E-state index contributed by atoms with van der Waals surface area (Å²) in [7, 11) is 0. The van der Waals surface area contributed by atoms with Crippen molar-refractivity contribution in [3.8, 4) is 11.5 Å². The molecule has 1 aromatic carbocycles. The molecule has 0 unspecified atom stereocenters. The summed E-state index contributed by atoms with van der Waals surface area (Å²) in [4.78, 5) is 27.8. The monoisotopic (exact) mass is 371 g/mol. The number of carbonyl (C=O) groups excluding carboxylic acids is 1. The molecule has 0 spiro atoms. The number of β-amino-alcohol motifs (C(OH)–C–C–N with tert-alkyl or cyclic N) is 1. The number of amides is 1. The van der Waals surface area contributed by atoms with E-state index in [1.165, 1.54) is 6.07 Å². The first-order chi connectivity index (χ1) is 13.0. The molecule has 8 nitrogen and oxygen atoms in total. The van der Waals surface area contributed by atoms with Crippen molar-refractivity contribution in [1.82, 2.24) is 9.88 Å². The second kappa shape index (κ2) is 7.05. The van der Waals surface area contributed by atoms with Gasteiger partial charge >= 0.3 is 0 Å². The minimum absolute atomic E-state index is 0.0204. The van der Waals surface area contributed by atoms with Crippen LogP contribution in [0.15, 0.2) is 35.1 Å². The number of piperidine rings is 1. The molecule has 4 rings (SSSR count). The predicted octanol–water partition coefficient (Wildman–Crippen LogP) is 0.553. The molecule has 1 saturated heterocycles. The molecule has 0 radical (unpaired) electrons. The van der Waals surface area contributed by atoms with Crippen LogP contribution in [0.3, 0.4) is 0 Å². The predicted molar refractivity (Wildman–Crippen MR) is 96.8 cm³/mol. The third-order valence-electron chi connectivity index (χ3n) is 5.12. The van der Waals surface area contributed by atoms with Crippen molar-refractivity contribution in [1.29, 1.82) is 0 Å². The minimum atomic E-state index is -0.747. The van der Waals surface area contributed by atoms with Crippen LogP contribution in [0.4, 0.5) is 0 Å². The van der Waals surface area contributed by atoms with Crippen molar-refractivity contribution in [3.63, 3.8) is 0 Å². The van der Waals surface area contributed by atoms with Gasteiger partial charge in [0.15, 0.2) is 11.5 Å². The van der Waals surface area contributed by atoms with Gasteiger partial charge in [0.2, 0.25) is 6.79 Å². The number of nitrogens with two attached hydrogens (primary N) is 1. The van der Waals surface area contributed by atoms with Gasteiger partial charge in [0.25, 0.3) is 11.5 Å². The lowest BCUT2D eigenvalue weighted by molar-refractivity contribution is 0.0470. The summed E-state index contributed by atoms with van der Waals surface area (Å²) in [6, 6.07) is 8.90. The van der Waals surface area contributed by atoms with Crippen molar-refractivity contribution in [3.05, 3.63) is 57.5 Å². The van der Waals surface area contributed by atoms with Gasteiger partial charge in [-0.05, 0) is 42.8 Å². The number of carbonyl (C=O) groups is 1. The smallest absolute Gasteiger partial charge is 0.261 e. The molecule has 0 aliphatic carbocycles. The number of pyridine rings is 1. The van der Waals surface area contributed by atoms with Crippen molar-refractivity contribution < 1.29 is 19.4 Å². The largest absolute Gasteiger partial charge is 0.454 e. The molecule has 2 aliphatic rings. The molecular formula is C19H21N3O5. The van der Waals surface area contributed by atoms with Crippen molar-refractivity contribution in [2.45, 2.75) is 25.0 Å². The number of aromatic amines is 1. The first-order valence-corrected chi connectivity index (χ1v) is 8.83. The zero-order valence-electron chi connectivity index (χ0n) is 14.7. The second-order valence-electron chi connectivity index (χ2n) is 6.90. The van der Waals surface area contributed by atoms with Crippen LogP contribution < -0.4 is 20.8 Å². The number of rotatable bonds is 4. The Morgan fingerprint density at radius 3 is 2.81 bits per heavy atom. The molecule has 2 aromatic rings. The number of hydrogen-bond acceptors (Lipinski definition) is 6. The van der Waals surface area contributed by atoms with E-state index in [2.05, 4.69) is 9.88 Å². The maximum atomic E-state index is 11.9. The van der Waals surface area contributed by atoms with Crippen LogP contribution in [0.1, 0.15) is 34.0 Å². The highest BCUT2D eigenvalue weighted by molar-refractivity contribution is 5.92. The molecule has 1 aromatic heterocycles. The van der Waals surface area contributed by atoms with Gasteiger partial charge in [-0.15, -0.1) is 0 Å². The number of likely N-dealkylation sites (tertiary alicyclic amines) is 1. The molecule has 4 N–H and O–H groups in total. The molecule has 2 atom stereocenters. The van der Waals surface area contributed by atoms with Crippen LogP contribution in [0.5, 0.6) is 11.5 Å². The molecule has 1 fully saturated rings. The molecule has 27 heavy (non-hydrogen) atoms. The number of aliphatic hydroxyl groups excluding tert-OH is 1. The van der Waals surface area contributed by atoms with Gasteiger partial charge in [-0.2, -0.15) is 0 Å². The Morgan fingerprint density at radius 1 is 1.26 bits per heavy atom. The lowest BCUT2D eigenvalue weighted by atomic mass is 9.87. The van der Waals surface area contributed by atoms with E-state index in [1.807, 2.05) is 18.2 Å². The number of ether oxygens (including phenoxy) is 2. The zero-order chi connectivity index (χ0) is 19.0. The first kappa shape index (κ1) is 17.6. The Morgan fingerprint density at radius 2 is 2.07 bits per heavy atom. The third-order valence-corrected chi connectivity index (χ3v) is 5.12. The SMILES string of the molecule is NC(=O)c1ccc(CN2CC[C@H](c3ccc4c(c3)OCO4)[C@@H](O)C2)[nH]c1=O. The molecule has 142 valence electrons. The number of nitrogens with one attached hydrogen (secondary N) is 1. The highest BCUT2D eigenvalue weighted by Gasteiger charge is 2.30. The quantitative estimate of drug-likeness (QED) is 0.723. The summed E-state index contributed by atoms with van der Waals surface area (Å²) in [6.45, 7) is 1.97. The Labute approximate surface area is 155 Å². The van der Waals surface area contributed by atoms with Crippen LogP contribution in [0.2, 0.25) is 0 Å². The Hall–Kier alpha value is -2.84. The third kappa shape index (κ3) is 3.54. The number of benzene rings is 1. The maximum Gasteiger partial charge on any atom is 0.261 e. The van der Waals surface area contributed by atoms with Crippen LogP contribution in [-0.2, 0) is 6.54 Å². The minimum Gasteiger partial charge on any atom is -0.454 e. The lowest BCUT2D eigenvalue weighted by Gasteiger charge is -2.36. The summed E-state index contributed by atoms with van der Waals surface area (Å²) in [5, 5.41) is 10.6. The summed E-state index contributed by atoms with van der Waals surface area (Å²) >= 11 is 0. The summed E-state index contributed by atoms with van der Waals surface area (Å²) < 4.78 is 10.8. The number of nitrogens with zero attached hydrogens (tertiary/aromatic N) is 1. The molecule has 2 aliphatic heterocycles. The van der Waals surface area contributed by atoms with Crippen molar-refractivity contribution in [2.24, 2.45) is 5.73 Å². The number of primary amides is 1. The zero-order valence-corrected chi connectivity index (χ0v) is 14.7. The average Bonchev–Trinajstić information content (AvgIpc) is 3.09. The van der Waals surface area contributed by atoms with E-state index in [1.54, 1.807) is 6.07 Å². The Balaban J connectivity index is 1.42. The van der Waals surface area contributed by atoms with Gasteiger partial charge in [-0.25, -0.2) is 0 Å². The number of H-pyrrole nitrogens is 1. The molecular weight excluding hydrogens is 350 g/mol. The number of aliphatic hydroxyl groups is 1. The molecule has 1 amide bonds. The summed E-state index contributed by atoms with van der Waals surface area (Å²) in [6.07, 6.45) is 0.250. The van der Waals surface area contributed by atoms with E-state index >= 15 is 0 Å². The van der Waals surface area contributed by atoms with Crippen molar-refractivity contribution >= 4 is 5.91 Å². The average molecular weight is 371 g/mol. The fourth-order valence-electron chi connectivity index (χ4n) is 3.71. The van der Waals surface area contributed by atoms with Gasteiger partial charge in [0, 0.05) is 24.7 Å². The Kier molecular flexibility index (Phi) is 4.59. The normalized spacial score (nSPS) is 22.0. The molecule has 3 heterocycles. The highest BCUT2D eigenvalue weighted by Crippen LogP contribution is 2.37. The maximum absolute atomic E-state index is 11.9. The van der Waals surface area contributed by atoms with Gasteiger partial charge in [0.1, 0.15) is 5.56 Å². The van der Waals surface area contributed by atoms with Crippen LogP contribution in [-0.4, -0.2) is 46.9 Å². The van der Waals surface area contributed by atoms with Crippen molar-refractivity contribution in [2.75, 3.05) is 19.9 Å². The van der Waals surface area contributed by atoms with E-state index in [-0.39, 0.29) is 18.3 Å². The Bertz CT molecular complexity index is 926. The van der Waals surface area contributed by atoms with E-state index in [0.29, 0.717) is 24.5 Å². The van der Waals surface area contributed by atoms with E-state index in [4.69, 9.17) is 15.2 Å². The molecule has 8 heteroatoms. The van der Waals surface area contributed by atoms with E-state index in [9.17, 15) is 14.7 Å². The van der Waals surface area contributed by atoms with Crippen LogP contribution >= 0.6 is 0 Å². The highest BCUT2D eigenvalue weighted by atomic mass is 16.7. The molecule has 0 saturated carbocycles. The van der Waals surface area contributed by atoms with Crippen LogP contribution in [0.25, 0.3) is 0 Å². The van der Waals surface area contributed by atoms with Crippen LogP contribution in [0, 0.1) is 0 Å². The van der Waals surface area contributed by atoms with Gasteiger partial charge in [0.05, 0.1) is 6.10 Å². The van der Waals surface area contributed by atoms with E-state index in [0.717, 1.165) is 24.3 Å². The van der Waals surface area contributed by atoms with Gasteiger partial charge in [-0.3, -0.25) is 14.5 Å². The van der Waals surface area contributed by atoms with E-state index < -0.39 is 17.6 Å². The molecule has 0 bridgehead atoms. The van der Waals surface area contributed by atoms with Gasteiger partial charge < -0.3 is 25.3 Å². The lowest BCUT2D eigenvalue weighted by Crippen LogP contribution is -2.42. The fraction of sp³-hybridized carbons (Fsp3) is 0.368. The number of hydrogen-bond donors (Lipinski definition) is 3.